The summed E-state index contributed by atoms with van der Waals surface area (Å²) in [5.74, 6) is -0.283. The van der Waals surface area contributed by atoms with Crippen molar-refractivity contribution in [3.8, 4) is 6.07 Å². The van der Waals surface area contributed by atoms with Gasteiger partial charge in [0.05, 0.1) is 12.3 Å². The molecular formula is C13H10N4O4. The normalized spacial score (nSPS) is 10.7. The van der Waals surface area contributed by atoms with Crippen LogP contribution in [0, 0.1) is 35.3 Å². The molecule has 0 radical (unpaired) electrons. The van der Waals surface area contributed by atoms with Crippen LogP contribution in [0.1, 0.15) is 22.6 Å². The van der Waals surface area contributed by atoms with Gasteiger partial charge in [0, 0.05) is 5.69 Å². The number of nitriles is 1. The first kappa shape index (κ1) is 14.2. The van der Waals surface area contributed by atoms with Gasteiger partial charge in [-0.2, -0.15) is 10.4 Å². The summed E-state index contributed by atoms with van der Waals surface area (Å²) in [5, 5.41) is 23.4. The molecule has 21 heavy (non-hydrogen) atoms. The van der Waals surface area contributed by atoms with Crippen LogP contribution in [-0.2, 0) is 0 Å². The molecule has 0 aliphatic rings. The molecule has 2 rings (SSSR count). The molecule has 2 aromatic rings. The molecule has 0 aliphatic carbocycles. The van der Waals surface area contributed by atoms with Crippen molar-refractivity contribution >= 4 is 12.1 Å². The third kappa shape index (κ3) is 2.71. The first-order chi connectivity index (χ1) is 9.93. The Morgan fingerprint density at radius 2 is 2.19 bits per heavy atom. The van der Waals surface area contributed by atoms with Gasteiger partial charge in [-0.1, -0.05) is 0 Å². The van der Waals surface area contributed by atoms with E-state index in [1.807, 2.05) is 6.07 Å². The average molecular weight is 286 g/mol. The Labute approximate surface area is 118 Å². The Morgan fingerprint density at radius 1 is 1.48 bits per heavy atom. The number of rotatable bonds is 3. The third-order valence-corrected chi connectivity index (χ3v) is 2.76. The van der Waals surface area contributed by atoms with Gasteiger partial charge in [-0.3, -0.25) is 14.9 Å². The maximum absolute atomic E-state index is 12.1. The highest BCUT2D eigenvalue weighted by molar-refractivity contribution is 5.76. The van der Waals surface area contributed by atoms with Crippen LogP contribution < -0.4 is 5.56 Å². The van der Waals surface area contributed by atoms with Crippen LogP contribution >= 0.6 is 0 Å². The van der Waals surface area contributed by atoms with Gasteiger partial charge in [-0.25, -0.2) is 4.68 Å². The monoisotopic (exact) mass is 286 g/mol. The predicted octanol–water partition coefficient (Wildman–Crippen LogP) is 1.72. The van der Waals surface area contributed by atoms with Crippen LogP contribution in [-0.4, -0.2) is 15.8 Å². The summed E-state index contributed by atoms with van der Waals surface area (Å²) >= 11 is 0. The summed E-state index contributed by atoms with van der Waals surface area (Å²) in [4.78, 5) is 21.9. The lowest BCUT2D eigenvalue weighted by Gasteiger charge is -2.05. The van der Waals surface area contributed by atoms with Crippen LogP contribution in [0.5, 0.6) is 0 Å². The number of hydrogen-bond donors (Lipinski definition) is 0. The standard InChI is InChI=1S/C13H10N4O4/c1-8-5-9(2)16(13(18)11(8)6-14)15-7-10-3-4-12(21-10)17(19)20/h3-5,7H,1-2H3/b15-7+. The molecule has 0 saturated carbocycles. The van der Waals surface area contributed by atoms with Crippen molar-refractivity contribution in [1.29, 1.82) is 5.26 Å². The van der Waals surface area contributed by atoms with Gasteiger partial charge < -0.3 is 4.42 Å². The van der Waals surface area contributed by atoms with E-state index in [1.165, 1.54) is 18.3 Å². The molecule has 0 N–H and O–H groups in total. The highest BCUT2D eigenvalue weighted by Gasteiger charge is 2.11. The summed E-state index contributed by atoms with van der Waals surface area (Å²) in [7, 11) is 0. The Bertz CT molecular complexity index is 839. The Hall–Kier alpha value is -3.21. The minimum absolute atomic E-state index is 0.00294. The fraction of sp³-hybridized carbons (Fsp3) is 0.154. The summed E-state index contributed by atoms with van der Waals surface area (Å²) in [6.07, 6.45) is 1.18. The van der Waals surface area contributed by atoms with Gasteiger partial charge in [-0.15, -0.1) is 0 Å². The van der Waals surface area contributed by atoms with Gasteiger partial charge in [0.2, 0.25) is 0 Å². The van der Waals surface area contributed by atoms with Crippen molar-refractivity contribution < 1.29 is 9.34 Å². The van der Waals surface area contributed by atoms with Gasteiger partial charge >= 0.3 is 5.88 Å². The van der Waals surface area contributed by atoms with E-state index in [9.17, 15) is 14.9 Å². The van der Waals surface area contributed by atoms with Crippen LogP contribution in [0.4, 0.5) is 5.88 Å². The van der Waals surface area contributed by atoms with Crippen molar-refractivity contribution in [2.24, 2.45) is 5.10 Å². The summed E-state index contributed by atoms with van der Waals surface area (Å²) in [6, 6.07) is 6.03. The predicted molar refractivity (Wildman–Crippen MR) is 73.2 cm³/mol. The number of aromatic nitrogens is 1. The molecule has 0 saturated heterocycles. The molecule has 0 atom stereocenters. The van der Waals surface area contributed by atoms with Crippen LogP contribution in [0.2, 0.25) is 0 Å². The molecule has 2 heterocycles. The minimum Gasteiger partial charge on any atom is -0.400 e. The zero-order valence-corrected chi connectivity index (χ0v) is 11.2. The molecule has 0 amide bonds. The molecule has 0 spiro atoms. The summed E-state index contributed by atoms with van der Waals surface area (Å²) < 4.78 is 5.94. The molecule has 0 aliphatic heterocycles. The highest BCUT2D eigenvalue weighted by atomic mass is 16.6. The van der Waals surface area contributed by atoms with Gasteiger partial charge in [0.25, 0.3) is 5.56 Å². The van der Waals surface area contributed by atoms with E-state index in [1.54, 1.807) is 19.9 Å². The molecule has 2 aromatic heterocycles. The van der Waals surface area contributed by atoms with E-state index in [0.29, 0.717) is 11.3 Å². The summed E-state index contributed by atoms with van der Waals surface area (Å²) in [6.45, 7) is 3.33. The fourth-order valence-corrected chi connectivity index (χ4v) is 1.79. The van der Waals surface area contributed by atoms with E-state index in [-0.39, 0.29) is 11.3 Å². The average Bonchev–Trinajstić information content (AvgIpc) is 2.87. The van der Waals surface area contributed by atoms with E-state index < -0.39 is 16.4 Å². The minimum atomic E-state index is -0.672. The number of furan rings is 1. The van der Waals surface area contributed by atoms with Crippen LogP contribution in [0.15, 0.2) is 32.5 Å². The molecule has 0 unspecified atom stereocenters. The smallest absolute Gasteiger partial charge is 0.400 e. The first-order valence-corrected chi connectivity index (χ1v) is 5.86. The maximum atomic E-state index is 12.1. The van der Waals surface area contributed by atoms with E-state index >= 15 is 0 Å². The lowest BCUT2D eigenvalue weighted by Crippen LogP contribution is -2.22. The zero-order chi connectivity index (χ0) is 15.6. The topological polar surface area (TPSA) is 114 Å². The number of nitrogens with zero attached hydrogens (tertiary/aromatic N) is 4. The molecule has 8 heteroatoms. The Kier molecular flexibility index (Phi) is 3.67. The summed E-state index contributed by atoms with van der Waals surface area (Å²) in [5.41, 5.74) is 0.560. The third-order valence-electron chi connectivity index (χ3n) is 2.76. The largest absolute Gasteiger partial charge is 0.433 e. The van der Waals surface area contributed by atoms with Crippen molar-refractivity contribution in [3.05, 3.63) is 61.2 Å². The van der Waals surface area contributed by atoms with E-state index in [4.69, 9.17) is 9.68 Å². The van der Waals surface area contributed by atoms with Crippen molar-refractivity contribution in [2.75, 3.05) is 0 Å². The molecule has 0 fully saturated rings. The molecule has 0 aromatic carbocycles. The van der Waals surface area contributed by atoms with E-state index in [0.717, 1.165) is 4.68 Å². The molecule has 8 nitrogen and oxygen atoms in total. The van der Waals surface area contributed by atoms with Crippen molar-refractivity contribution in [3.63, 3.8) is 0 Å². The first-order valence-electron chi connectivity index (χ1n) is 5.86. The van der Waals surface area contributed by atoms with Crippen molar-refractivity contribution in [1.82, 2.24) is 4.68 Å². The molecule has 0 bridgehead atoms. The fourth-order valence-electron chi connectivity index (χ4n) is 1.79. The quantitative estimate of drug-likeness (QED) is 0.484. The lowest BCUT2D eigenvalue weighted by atomic mass is 10.1. The SMILES string of the molecule is Cc1cc(C)n(/N=C/c2ccc([N+](=O)[O-])o2)c(=O)c1C#N. The second-order valence-electron chi connectivity index (χ2n) is 4.25. The highest BCUT2D eigenvalue weighted by Crippen LogP contribution is 2.14. The number of nitro groups is 1. The van der Waals surface area contributed by atoms with Gasteiger partial charge in [0.1, 0.15) is 16.6 Å². The Balaban J connectivity index is 2.44. The van der Waals surface area contributed by atoms with Crippen LogP contribution in [0.3, 0.4) is 0 Å². The molecule has 106 valence electrons. The second-order valence-corrected chi connectivity index (χ2v) is 4.25. The number of pyridine rings is 1. The number of aryl methyl sites for hydroxylation is 2. The zero-order valence-electron chi connectivity index (χ0n) is 11.2. The van der Waals surface area contributed by atoms with Gasteiger partial charge in [0.15, 0.2) is 5.76 Å². The number of hydrogen-bond acceptors (Lipinski definition) is 6. The van der Waals surface area contributed by atoms with Crippen LogP contribution in [0.25, 0.3) is 0 Å². The van der Waals surface area contributed by atoms with Gasteiger partial charge in [-0.05, 0) is 31.5 Å². The second kappa shape index (κ2) is 5.42. The lowest BCUT2D eigenvalue weighted by molar-refractivity contribution is -0.402. The van der Waals surface area contributed by atoms with E-state index in [2.05, 4.69) is 5.10 Å². The maximum Gasteiger partial charge on any atom is 0.433 e. The van der Waals surface area contributed by atoms with Crippen molar-refractivity contribution in [2.45, 2.75) is 13.8 Å². The Morgan fingerprint density at radius 3 is 2.76 bits per heavy atom. The molecular weight excluding hydrogens is 276 g/mol.